The average Bonchev–Trinajstić information content (AvgIpc) is 1.74. The van der Waals surface area contributed by atoms with Crippen LogP contribution in [0.15, 0.2) is 72.8 Å². The summed E-state index contributed by atoms with van der Waals surface area (Å²) in [7, 11) is 7.11. The maximum atomic E-state index is 6.14. The molecule has 0 aliphatic carbocycles. The molecule has 3 aliphatic rings. The predicted molar refractivity (Wildman–Crippen MR) is 405 cm³/mol. The molecule has 0 radical (unpaired) electrons. The zero-order chi connectivity index (χ0) is 73.1. The van der Waals surface area contributed by atoms with E-state index in [-0.39, 0.29) is 59.6 Å². The maximum Gasteiger partial charge on any atom is 0.320 e. The molecule has 12 rings (SSSR count). The van der Waals surface area contributed by atoms with Gasteiger partial charge in [0.15, 0.2) is 34.5 Å². The second-order valence-electron chi connectivity index (χ2n) is 25.0. The lowest BCUT2D eigenvalue weighted by Gasteiger charge is -2.32. The molecule has 103 heavy (non-hydrogen) atoms. The molecule has 552 valence electrons. The smallest absolute Gasteiger partial charge is 0.320 e. The van der Waals surface area contributed by atoms with Crippen LogP contribution in [-0.4, -0.2) is 198 Å². The number of hydrogen-bond acceptors (Lipinski definition) is 31. The van der Waals surface area contributed by atoms with Crippen molar-refractivity contribution < 1.29 is 47.4 Å². The number of methoxy groups -OCH3 is 3. The fourth-order valence-corrected chi connectivity index (χ4v) is 14.7. The number of piperazine rings is 1. The lowest BCUT2D eigenvalue weighted by molar-refractivity contribution is 0.0321. The van der Waals surface area contributed by atoms with E-state index < -0.39 is 0 Å². The van der Waals surface area contributed by atoms with Crippen molar-refractivity contribution in [1.29, 1.82) is 0 Å². The molecule has 31 heteroatoms. The summed E-state index contributed by atoms with van der Waals surface area (Å²) in [5.74, 6) is 5.67. The second-order valence-corrected chi connectivity index (χ2v) is 28.6. The standard InChI is InChI=1S/C24H33N7O3S.C24H32N6O3S.C24H31N5O4S/c1-15(34-24-27-20(25)14-21(26)28-24)22-16(2)35-23(29-22)17-5-6-18(32-4)19(13-17)33-12-11-31-9-7-30(3)8-10-31;1-15(33-24-27-20(25)14-21(26)28-24)22-16(2)34-23(29-22)17-7-8-18(31-3)19(13-17)32-12-11-30-9-5-4-6-10-30;1-15-13-21(25)27-24(26-15)33-16(2)22-17(3)34-23(28-22)18-5-6-19(30-4)20(14-18)32-12-9-29-7-10-31-11-8-29/h5-6,13-15H,7-12H2,1-4H3,(H4,25,26,27,28);7-8,13-15H,4-6,9-12H2,1-3H3,(H4,25,26,27,28);5-6,13-14,16H,7-12H2,1-4H3,(H2,25,26,27). The van der Waals surface area contributed by atoms with Gasteiger partial charge >= 0.3 is 18.0 Å². The van der Waals surface area contributed by atoms with Gasteiger partial charge in [0.2, 0.25) is 0 Å². The Balaban J connectivity index is 0.000000166. The van der Waals surface area contributed by atoms with E-state index in [1.807, 2.05) is 103 Å². The van der Waals surface area contributed by atoms with Gasteiger partial charge in [0.1, 0.15) is 82.2 Å². The number of morpholine rings is 1. The van der Waals surface area contributed by atoms with Crippen molar-refractivity contribution in [2.24, 2.45) is 0 Å². The molecule has 3 aromatic carbocycles. The zero-order valence-electron chi connectivity index (χ0n) is 60.6. The number of ether oxygens (including phenoxy) is 10. The number of likely N-dealkylation sites (tertiary alicyclic amines) is 1. The number of likely N-dealkylation sites (N-methyl/N-ethyl adjacent to an activating group) is 1. The second kappa shape index (κ2) is 36.8. The van der Waals surface area contributed by atoms with Gasteiger partial charge in [-0.1, -0.05) is 6.42 Å². The van der Waals surface area contributed by atoms with Crippen molar-refractivity contribution in [3.05, 3.63) is 110 Å². The SMILES string of the molecule is COc1ccc(-c2nc(C(C)Oc3nc(C)cc(N)n3)c(C)s2)cc1OCCN1CCOCC1.COc1ccc(-c2nc(C(C)Oc3nc(N)cc(N)n3)c(C)s2)cc1OCCN1CCCCC1.COc1ccc(-c2nc(C(C)Oc3nc(N)cc(N)n3)c(C)s2)cc1OCCN1CCN(C)CC1. The number of rotatable bonds is 27. The predicted octanol–water partition coefficient (Wildman–Crippen LogP) is 10.6. The van der Waals surface area contributed by atoms with Crippen LogP contribution < -0.4 is 71.3 Å². The molecule has 3 unspecified atom stereocenters. The van der Waals surface area contributed by atoms with E-state index in [2.05, 4.69) is 56.6 Å². The summed E-state index contributed by atoms with van der Waals surface area (Å²) in [6.07, 6.45) is 2.79. The van der Waals surface area contributed by atoms with Crippen molar-refractivity contribution >= 4 is 63.1 Å². The van der Waals surface area contributed by atoms with Gasteiger partial charge in [-0.25, -0.2) is 19.9 Å². The number of anilines is 5. The largest absolute Gasteiger partial charge is 0.493 e. The first-order valence-electron chi connectivity index (χ1n) is 34.4. The van der Waals surface area contributed by atoms with E-state index >= 15 is 0 Å². The van der Waals surface area contributed by atoms with Gasteiger partial charge in [-0.2, -0.15) is 24.9 Å². The summed E-state index contributed by atoms with van der Waals surface area (Å²) in [5.41, 5.74) is 34.9. The summed E-state index contributed by atoms with van der Waals surface area (Å²) in [5, 5.41) is 2.63. The molecule has 3 atom stereocenters. The Morgan fingerprint density at radius 3 is 1.08 bits per heavy atom. The van der Waals surface area contributed by atoms with Crippen LogP contribution in [0.1, 0.15) is 95.8 Å². The van der Waals surface area contributed by atoms with Crippen molar-refractivity contribution in [2.75, 3.05) is 162 Å². The average molecular weight is 1470 g/mol. The van der Waals surface area contributed by atoms with Crippen LogP contribution in [0.4, 0.5) is 29.1 Å². The molecule has 0 amide bonds. The van der Waals surface area contributed by atoms with Gasteiger partial charge < -0.3 is 80.9 Å². The number of aromatic nitrogens is 9. The van der Waals surface area contributed by atoms with Crippen LogP contribution in [-0.2, 0) is 4.74 Å². The lowest BCUT2D eigenvalue weighted by Crippen LogP contribution is -2.45. The van der Waals surface area contributed by atoms with Crippen LogP contribution in [0.5, 0.6) is 52.5 Å². The van der Waals surface area contributed by atoms with Crippen LogP contribution >= 0.6 is 34.0 Å². The number of thiazole rings is 3. The molecule has 9 heterocycles. The van der Waals surface area contributed by atoms with Gasteiger partial charge in [0.25, 0.3) is 0 Å². The number of benzene rings is 3. The fourth-order valence-electron chi connectivity index (χ4n) is 11.7. The molecular weight excluding hydrogens is 1370 g/mol. The quantitative estimate of drug-likeness (QED) is 0.0319. The normalized spacial score (nSPS) is 15.3. The Hall–Kier alpha value is -9.21. The first kappa shape index (κ1) is 76.4. The Labute approximate surface area is 614 Å². The molecule has 10 N–H and O–H groups in total. The van der Waals surface area contributed by atoms with Gasteiger partial charge in [-0.05, 0) is 136 Å². The highest BCUT2D eigenvalue weighted by Gasteiger charge is 2.25. The monoisotopic (exact) mass is 1470 g/mol. The summed E-state index contributed by atoms with van der Waals surface area (Å²) in [4.78, 5) is 52.1. The minimum atomic E-state index is -0.376. The third kappa shape index (κ3) is 21.7. The molecule has 9 aromatic rings. The van der Waals surface area contributed by atoms with Crippen molar-refractivity contribution in [2.45, 2.75) is 86.0 Å². The number of aryl methyl sites for hydroxylation is 4. The van der Waals surface area contributed by atoms with Gasteiger partial charge in [-0.15, -0.1) is 34.0 Å². The van der Waals surface area contributed by atoms with Gasteiger partial charge in [0, 0.05) is 114 Å². The molecule has 3 saturated heterocycles. The highest BCUT2D eigenvalue weighted by molar-refractivity contribution is 7.15. The van der Waals surface area contributed by atoms with E-state index in [1.165, 1.54) is 31.4 Å². The van der Waals surface area contributed by atoms with E-state index in [9.17, 15) is 0 Å². The number of piperidine rings is 1. The Bertz CT molecular complexity index is 3980. The number of hydrogen-bond donors (Lipinski definition) is 5. The Kier molecular flexibility index (Phi) is 27.3. The number of nitrogens with two attached hydrogens (primary N) is 5. The highest BCUT2D eigenvalue weighted by Crippen LogP contribution is 2.41. The van der Waals surface area contributed by atoms with Crippen LogP contribution in [0, 0.1) is 27.7 Å². The Morgan fingerprint density at radius 1 is 0.398 bits per heavy atom. The van der Waals surface area contributed by atoms with Gasteiger partial charge in [-0.3, -0.25) is 14.7 Å². The molecule has 6 aromatic heterocycles. The van der Waals surface area contributed by atoms with E-state index in [1.54, 1.807) is 61.4 Å². The molecular formula is C72H96N18O10S3. The van der Waals surface area contributed by atoms with Crippen LogP contribution in [0.25, 0.3) is 31.7 Å². The number of nitrogens with zero attached hydrogens (tertiary/aromatic N) is 13. The minimum Gasteiger partial charge on any atom is -0.493 e. The van der Waals surface area contributed by atoms with Gasteiger partial charge in [0.05, 0.1) is 51.6 Å². The van der Waals surface area contributed by atoms with E-state index in [0.717, 1.165) is 160 Å². The van der Waals surface area contributed by atoms with E-state index in [4.69, 9.17) is 91.0 Å². The summed E-state index contributed by atoms with van der Waals surface area (Å²) < 4.78 is 58.0. The van der Waals surface area contributed by atoms with Crippen molar-refractivity contribution in [1.82, 2.24) is 64.5 Å². The number of nitrogen functional groups attached to an aromatic ring is 5. The van der Waals surface area contributed by atoms with Crippen LogP contribution in [0.3, 0.4) is 0 Å². The first-order chi connectivity index (χ1) is 49.7. The first-order valence-corrected chi connectivity index (χ1v) is 36.8. The molecule has 3 aliphatic heterocycles. The maximum absolute atomic E-state index is 6.14. The molecule has 3 fully saturated rings. The summed E-state index contributed by atoms with van der Waals surface area (Å²) in [6, 6.07) is 22.9. The summed E-state index contributed by atoms with van der Waals surface area (Å²) in [6.45, 7) is 28.1. The third-order valence-electron chi connectivity index (χ3n) is 17.2. The highest BCUT2D eigenvalue weighted by atomic mass is 32.1. The topological polar surface area (TPSA) is 351 Å². The molecule has 0 bridgehead atoms. The van der Waals surface area contributed by atoms with Crippen molar-refractivity contribution in [3.63, 3.8) is 0 Å². The summed E-state index contributed by atoms with van der Waals surface area (Å²) >= 11 is 4.79. The fraction of sp³-hybridized carbons (Fsp3) is 0.458. The third-order valence-corrected chi connectivity index (χ3v) is 20.3. The van der Waals surface area contributed by atoms with E-state index in [0.29, 0.717) is 54.4 Å². The lowest BCUT2D eigenvalue weighted by atomic mass is 10.1. The minimum absolute atomic E-state index is 0.129. The van der Waals surface area contributed by atoms with Crippen LogP contribution in [0.2, 0.25) is 0 Å². The zero-order valence-corrected chi connectivity index (χ0v) is 63.1. The molecule has 28 nitrogen and oxygen atoms in total. The Morgan fingerprint density at radius 2 is 0.728 bits per heavy atom. The molecule has 0 saturated carbocycles. The van der Waals surface area contributed by atoms with Crippen molar-refractivity contribution in [3.8, 4) is 84.2 Å². The molecule has 0 spiro atoms.